The Morgan fingerprint density at radius 1 is 0.846 bits per heavy atom. The summed E-state index contributed by atoms with van der Waals surface area (Å²) < 4.78 is 24.3. The van der Waals surface area contributed by atoms with Crippen LogP contribution in [-0.2, 0) is 22.8 Å². The summed E-state index contributed by atoms with van der Waals surface area (Å²) >= 11 is 0. The summed E-state index contributed by atoms with van der Waals surface area (Å²) in [6.07, 6.45) is 2.54. The zero-order valence-electron chi connectivity index (χ0n) is 18.1. The second-order valence-electron chi connectivity index (χ2n) is 6.58. The maximum absolute atomic E-state index is 11.8. The van der Waals surface area contributed by atoms with Crippen LogP contribution in [0.2, 0.25) is 24.2 Å². The summed E-state index contributed by atoms with van der Waals surface area (Å²) in [5.41, 5.74) is 0. The molecule has 0 aliphatic rings. The van der Waals surface area contributed by atoms with E-state index in [2.05, 4.69) is 25.3 Å². The van der Waals surface area contributed by atoms with Crippen molar-refractivity contribution < 1.29 is 22.8 Å². The van der Waals surface area contributed by atoms with Crippen LogP contribution in [0.5, 0.6) is 0 Å². The van der Waals surface area contributed by atoms with E-state index in [1.54, 1.807) is 21.3 Å². The maximum atomic E-state index is 11.8. The molecule has 0 aliphatic heterocycles. The van der Waals surface area contributed by atoms with Crippen LogP contribution in [0.3, 0.4) is 0 Å². The second kappa shape index (κ2) is 13.8. The van der Waals surface area contributed by atoms with Crippen molar-refractivity contribution in [3.8, 4) is 0 Å². The normalized spacial score (nSPS) is 12.6. The van der Waals surface area contributed by atoms with E-state index in [1.165, 1.54) is 18.1 Å². The number of carbonyl (C=O) groups excluding carboxylic acids is 1. The molecule has 0 atom stereocenters. The van der Waals surface area contributed by atoms with E-state index in [0.717, 1.165) is 32.0 Å². The van der Waals surface area contributed by atoms with Crippen LogP contribution in [0.25, 0.3) is 0 Å². The lowest BCUT2D eigenvalue weighted by molar-refractivity contribution is -0.143. The summed E-state index contributed by atoms with van der Waals surface area (Å²) in [6, 6.07) is 4.47. The highest BCUT2D eigenvalue weighted by Gasteiger charge is 2.38. The Morgan fingerprint density at radius 2 is 1.38 bits per heavy atom. The molecule has 0 radical (unpaired) electrons. The lowest BCUT2D eigenvalue weighted by Crippen LogP contribution is -2.53. The summed E-state index contributed by atoms with van der Waals surface area (Å²) in [5.74, 6) is -0.0896. The fourth-order valence-corrected chi connectivity index (χ4v) is 9.52. The van der Waals surface area contributed by atoms with Crippen molar-refractivity contribution in [1.82, 2.24) is 4.57 Å². The Labute approximate surface area is 163 Å². The molecule has 0 unspecified atom stereocenters. The molecule has 0 bridgehead atoms. The van der Waals surface area contributed by atoms with Gasteiger partial charge in [0.1, 0.15) is 8.24 Å². The van der Waals surface area contributed by atoms with Crippen molar-refractivity contribution in [2.75, 3.05) is 41.0 Å². The van der Waals surface area contributed by atoms with Crippen LogP contribution >= 0.6 is 0 Å². The smallest absolute Gasteiger partial charge is 0.466 e. The highest BCUT2D eigenvalue weighted by Crippen LogP contribution is 2.26. The van der Waals surface area contributed by atoms with Gasteiger partial charge in [0.15, 0.2) is 0 Å². The van der Waals surface area contributed by atoms with Crippen molar-refractivity contribution in [2.45, 2.75) is 71.1 Å². The number of rotatable bonds is 16. The van der Waals surface area contributed by atoms with Gasteiger partial charge in [-0.15, -0.1) is 0 Å². The summed E-state index contributed by atoms with van der Waals surface area (Å²) in [5, 5.41) is 0. The molecule has 0 amide bonds. The first-order chi connectivity index (χ1) is 12.4. The molecule has 0 aliphatic carbocycles. The minimum absolute atomic E-state index is 0.0896. The molecular formula is C18H41NO5Si2. The van der Waals surface area contributed by atoms with Crippen molar-refractivity contribution in [1.29, 1.82) is 0 Å². The first kappa shape index (κ1) is 25.7. The van der Waals surface area contributed by atoms with Gasteiger partial charge in [0.2, 0.25) is 0 Å². The lowest BCUT2D eigenvalue weighted by atomic mass is 10.3. The lowest BCUT2D eigenvalue weighted by Gasteiger charge is -2.41. The van der Waals surface area contributed by atoms with E-state index < -0.39 is 17.0 Å². The summed E-state index contributed by atoms with van der Waals surface area (Å²) in [6.45, 7) is 11.0. The van der Waals surface area contributed by atoms with Crippen molar-refractivity contribution in [3.63, 3.8) is 0 Å². The molecular weight excluding hydrogens is 366 g/mol. The maximum Gasteiger partial charge on any atom is 0.500 e. The average Bonchev–Trinajstić information content (AvgIpc) is 2.67. The molecule has 6 nitrogen and oxygen atoms in total. The minimum Gasteiger partial charge on any atom is -0.466 e. The van der Waals surface area contributed by atoms with Gasteiger partial charge in [0, 0.05) is 33.9 Å². The number of carbonyl (C=O) groups is 1. The Bertz CT molecular complexity index is 360. The summed E-state index contributed by atoms with van der Waals surface area (Å²) in [4.78, 5) is 11.8. The molecule has 0 heterocycles. The van der Waals surface area contributed by atoms with Crippen LogP contribution < -0.4 is 0 Å². The number of hydrogen-bond acceptors (Lipinski definition) is 6. The van der Waals surface area contributed by atoms with E-state index in [9.17, 15) is 4.79 Å². The van der Waals surface area contributed by atoms with E-state index in [1.807, 2.05) is 6.92 Å². The van der Waals surface area contributed by atoms with Crippen molar-refractivity contribution in [3.05, 3.63) is 0 Å². The molecule has 26 heavy (non-hydrogen) atoms. The standard InChI is InChI=1S/C18H41NO5Si2/c1-8-24-18(20)14-16-19(25(9-2,10-3)11-4)15-12-13-17-26(21-5,22-6)23-7/h8-17H2,1-7H3. The largest absolute Gasteiger partial charge is 0.500 e. The molecule has 0 aromatic carbocycles. The fraction of sp³-hybridized carbons (Fsp3) is 0.944. The van der Waals surface area contributed by atoms with Gasteiger partial charge in [-0.3, -0.25) is 4.79 Å². The van der Waals surface area contributed by atoms with E-state index in [0.29, 0.717) is 13.0 Å². The van der Waals surface area contributed by atoms with Crippen LogP contribution in [0.15, 0.2) is 0 Å². The first-order valence-corrected chi connectivity index (χ1v) is 14.5. The SMILES string of the molecule is CCOC(=O)CCN(CCCC[Si](OC)(OC)OC)[Si](CC)(CC)CC. The minimum atomic E-state index is -2.49. The van der Waals surface area contributed by atoms with Gasteiger partial charge in [-0.25, -0.2) is 0 Å². The third-order valence-corrected chi connectivity index (χ3v) is 14.2. The predicted octanol–water partition coefficient (Wildman–Crippen LogP) is 3.91. The van der Waals surface area contributed by atoms with Gasteiger partial charge in [-0.05, 0) is 44.4 Å². The molecule has 0 aromatic rings. The number of nitrogens with zero attached hydrogens (tertiary/aromatic N) is 1. The number of unbranched alkanes of at least 4 members (excludes halogenated alkanes) is 1. The average molecular weight is 408 g/mol. The topological polar surface area (TPSA) is 57.2 Å². The van der Waals surface area contributed by atoms with E-state index >= 15 is 0 Å². The Morgan fingerprint density at radius 3 is 1.81 bits per heavy atom. The van der Waals surface area contributed by atoms with Gasteiger partial charge < -0.3 is 22.6 Å². The highest BCUT2D eigenvalue weighted by atomic mass is 28.4. The van der Waals surface area contributed by atoms with Gasteiger partial charge >= 0.3 is 14.8 Å². The van der Waals surface area contributed by atoms with Gasteiger partial charge in [0.05, 0.1) is 13.0 Å². The molecule has 0 fully saturated rings. The monoisotopic (exact) mass is 407 g/mol. The number of esters is 1. The first-order valence-electron chi connectivity index (χ1n) is 9.99. The van der Waals surface area contributed by atoms with Crippen molar-refractivity contribution in [2.24, 2.45) is 0 Å². The zero-order chi connectivity index (χ0) is 20.1. The van der Waals surface area contributed by atoms with E-state index in [-0.39, 0.29) is 5.97 Å². The number of hydrogen-bond donors (Lipinski definition) is 0. The Balaban J connectivity index is 4.83. The third-order valence-electron chi connectivity index (χ3n) is 5.63. The molecule has 0 aromatic heterocycles. The predicted molar refractivity (Wildman–Crippen MR) is 111 cm³/mol. The van der Waals surface area contributed by atoms with E-state index in [4.69, 9.17) is 18.0 Å². The second-order valence-corrected chi connectivity index (χ2v) is 14.9. The molecule has 0 rings (SSSR count). The van der Waals surface area contributed by atoms with Crippen LogP contribution in [0.1, 0.15) is 47.0 Å². The molecule has 0 saturated carbocycles. The Kier molecular flexibility index (Phi) is 13.7. The molecule has 0 spiro atoms. The fourth-order valence-electron chi connectivity index (χ4n) is 3.67. The van der Waals surface area contributed by atoms with Crippen molar-refractivity contribution >= 4 is 23.0 Å². The zero-order valence-corrected chi connectivity index (χ0v) is 20.1. The molecule has 8 heteroatoms. The van der Waals surface area contributed by atoms with Crippen LogP contribution in [-0.4, -0.2) is 68.6 Å². The Hall–Kier alpha value is -0.256. The van der Waals surface area contributed by atoms with Gasteiger partial charge in [-0.1, -0.05) is 20.8 Å². The quantitative estimate of drug-likeness (QED) is 0.220. The molecule has 156 valence electrons. The summed E-state index contributed by atoms with van der Waals surface area (Å²) in [7, 11) is 0.979. The molecule has 0 N–H and O–H groups in total. The number of ether oxygens (including phenoxy) is 1. The van der Waals surface area contributed by atoms with Gasteiger partial charge in [0.25, 0.3) is 0 Å². The van der Waals surface area contributed by atoms with Gasteiger partial charge in [-0.2, -0.15) is 0 Å². The van der Waals surface area contributed by atoms with Crippen LogP contribution in [0, 0.1) is 0 Å². The van der Waals surface area contributed by atoms with Crippen LogP contribution in [0.4, 0.5) is 0 Å². The highest BCUT2D eigenvalue weighted by molar-refractivity contribution is 6.77. The molecule has 0 saturated heterocycles. The third kappa shape index (κ3) is 7.78.